The van der Waals surface area contributed by atoms with E-state index in [2.05, 4.69) is 10.6 Å². The number of rotatable bonds is 4. The van der Waals surface area contributed by atoms with Crippen molar-refractivity contribution < 1.29 is 9.59 Å². The first-order valence-corrected chi connectivity index (χ1v) is 6.11. The zero-order valence-electron chi connectivity index (χ0n) is 10.7. The molecule has 0 saturated carbocycles. The second kappa shape index (κ2) is 6.40. The lowest BCUT2D eigenvalue weighted by Crippen LogP contribution is -2.44. The number of hydrogen-bond donors (Lipinski definition) is 2. The van der Waals surface area contributed by atoms with Gasteiger partial charge in [0.1, 0.15) is 6.04 Å². The molecule has 0 saturated heterocycles. The SMILES string of the molecule is CC(=O)N[C@@H](C)C(=O)N[C@@H](C)c1ccc(Cl)cc1. The second-order valence-corrected chi connectivity index (χ2v) is 4.64. The lowest BCUT2D eigenvalue weighted by atomic mass is 10.1. The molecule has 2 N–H and O–H groups in total. The molecule has 0 unspecified atom stereocenters. The van der Waals surface area contributed by atoms with E-state index in [4.69, 9.17) is 11.6 Å². The van der Waals surface area contributed by atoms with Gasteiger partial charge in [0.15, 0.2) is 0 Å². The molecule has 0 aliphatic rings. The molecule has 0 radical (unpaired) electrons. The number of nitrogens with one attached hydrogen (secondary N) is 2. The maximum atomic E-state index is 11.8. The molecule has 0 heterocycles. The average molecular weight is 269 g/mol. The van der Waals surface area contributed by atoms with E-state index in [1.54, 1.807) is 19.1 Å². The molecule has 0 fully saturated rings. The largest absolute Gasteiger partial charge is 0.348 e. The molecular weight excluding hydrogens is 252 g/mol. The van der Waals surface area contributed by atoms with E-state index in [1.807, 2.05) is 19.1 Å². The van der Waals surface area contributed by atoms with Gasteiger partial charge in [-0.05, 0) is 31.5 Å². The first-order chi connectivity index (χ1) is 8.40. The van der Waals surface area contributed by atoms with E-state index >= 15 is 0 Å². The van der Waals surface area contributed by atoms with Gasteiger partial charge >= 0.3 is 0 Å². The Balaban J connectivity index is 2.59. The fraction of sp³-hybridized carbons (Fsp3) is 0.385. The molecule has 1 aromatic rings. The van der Waals surface area contributed by atoms with Crippen LogP contribution < -0.4 is 10.6 Å². The molecule has 1 aromatic carbocycles. The minimum atomic E-state index is -0.544. The Morgan fingerprint density at radius 1 is 1.11 bits per heavy atom. The molecule has 0 aliphatic heterocycles. The minimum Gasteiger partial charge on any atom is -0.348 e. The van der Waals surface area contributed by atoms with E-state index in [0.717, 1.165) is 5.56 Å². The molecule has 0 spiro atoms. The van der Waals surface area contributed by atoms with Crippen LogP contribution in [0.15, 0.2) is 24.3 Å². The van der Waals surface area contributed by atoms with Crippen molar-refractivity contribution in [3.05, 3.63) is 34.9 Å². The van der Waals surface area contributed by atoms with Gasteiger partial charge in [-0.1, -0.05) is 23.7 Å². The third-order valence-electron chi connectivity index (χ3n) is 2.54. The van der Waals surface area contributed by atoms with Crippen molar-refractivity contribution in [1.29, 1.82) is 0 Å². The van der Waals surface area contributed by atoms with E-state index < -0.39 is 6.04 Å². The normalized spacial score (nSPS) is 13.6. The maximum absolute atomic E-state index is 11.8. The monoisotopic (exact) mass is 268 g/mol. The molecule has 5 heteroatoms. The van der Waals surface area contributed by atoms with Crippen molar-refractivity contribution in [2.75, 3.05) is 0 Å². The first-order valence-electron chi connectivity index (χ1n) is 5.73. The molecule has 2 atom stereocenters. The predicted octanol–water partition coefficient (Wildman–Crippen LogP) is 2.04. The van der Waals surface area contributed by atoms with E-state index in [-0.39, 0.29) is 17.9 Å². The van der Waals surface area contributed by atoms with Crippen molar-refractivity contribution in [3.8, 4) is 0 Å². The summed E-state index contributed by atoms with van der Waals surface area (Å²) in [4.78, 5) is 22.6. The third kappa shape index (κ3) is 4.37. The number of halogens is 1. The highest BCUT2D eigenvalue weighted by Crippen LogP contribution is 2.15. The van der Waals surface area contributed by atoms with Crippen molar-refractivity contribution in [2.24, 2.45) is 0 Å². The number of carbonyl (C=O) groups excluding carboxylic acids is 2. The second-order valence-electron chi connectivity index (χ2n) is 4.20. The van der Waals surface area contributed by atoms with Gasteiger partial charge < -0.3 is 10.6 Å². The molecule has 4 nitrogen and oxygen atoms in total. The molecule has 0 aromatic heterocycles. The van der Waals surface area contributed by atoms with Gasteiger partial charge in [0.25, 0.3) is 0 Å². The Bertz CT molecular complexity index is 431. The topological polar surface area (TPSA) is 58.2 Å². The smallest absolute Gasteiger partial charge is 0.242 e. The Kier molecular flexibility index (Phi) is 5.16. The quantitative estimate of drug-likeness (QED) is 0.878. The summed E-state index contributed by atoms with van der Waals surface area (Å²) in [6.45, 7) is 4.90. The van der Waals surface area contributed by atoms with E-state index in [0.29, 0.717) is 5.02 Å². The van der Waals surface area contributed by atoms with Crippen LogP contribution in [0.3, 0.4) is 0 Å². The fourth-order valence-corrected chi connectivity index (χ4v) is 1.67. The van der Waals surface area contributed by atoms with Crippen LogP contribution in [-0.4, -0.2) is 17.9 Å². The summed E-state index contributed by atoms with van der Waals surface area (Å²) in [5.74, 6) is -0.440. The Labute approximate surface area is 112 Å². The van der Waals surface area contributed by atoms with Crippen molar-refractivity contribution >= 4 is 23.4 Å². The lowest BCUT2D eigenvalue weighted by molar-refractivity contribution is -0.128. The highest BCUT2D eigenvalue weighted by molar-refractivity contribution is 6.30. The number of hydrogen-bond acceptors (Lipinski definition) is 2. The maximum Gasteiger partial charge on any atom is 0.242 e. The number of amides is 2. The highest BCUT2D eigenvalue weighted by Gasteiger charge is 2.16. The summed E-state index contributed by atoms with van der Waals surface area (Å²) in [7, 11) is 0. The molecule has 2 amide bonds. The molecule has 0 bridgehead atoms. The van der Waals surface area contributed by atoms with Crippen LogP contribution in [0.1, 0.15) is 32.4 Å². The van der Waals surface area contributed by atoms with Crippen LogP contribution in [0.2, 0.25) is 5.02 Å². The van der Waals surface area contributed by atoms with Crippen LogP contribution in [0.25, 0.3) is 0 Å². The summed E-state index contributed by atoms with van der Waals surface area (Å²) >= 11 is 5.79. The molecule has 0 aliphatic carbocycles. The number of benzene rings is 1. The van der Waals surface area contributed by atoms with Crippen molar-refractivity contribution in [2.45, 2.75) is 32.9 Å². The van der Waals surface area contributed by atoms with Crippen molar-refractivity contribution in [1.82, 2.24) is 10.6 Å². The van der Waals surface area contributed by atoms with Crippen LogP contribution in [0.5, 0.6) is 0 Å². The van der Waals surface area contributed by atoms with Crippen molar-refractivity contribution in [3.63, 3.8) is 0 Å². The predicted molar refractivity (Wildman–Crippen MR) is 71.3 cm³/mol. The van der Waals surface area contributed by atoms with Gasteiger partial charge in [-0.2, -0.15) is 0 Å². The molecular formula is C13H17ClN2O2. The summed E-state index contributed by atoms with van der Waals surface area (Å²) in [5.41, 5.74) is 0.961. The van der Waals surface area contributed by atoms with Crippen LogP contribution in [-0.2, 0) is 9.59 Å². The molecule has 1 rings (SSSR count). The Morgan fingerprint density at radius 3 is 2.17 bits per heavy atom. The van der Waals surface area contributed by atoms with Gasteiger partial charge in [-0.15, -0.1) is 0 Å². The van der Waals surface area contributed by atoms with E-state index in [1.165, 1.54) is 6.92 Å². The molecule has 18 heavy (non-hydrogen) atoms. The van der Waals surface area contributed by atoms with E-state index in [9.17, 15) is 9.59 Å². The summed E-state index contributed by atoms with van der Waals surface area (Å²) in [5, 5.41) is 6.02. The Morgan fingerprint density at radius 2 is 1.67 bits per heavy atom. The standard InChI is InChI=1S/C13H17ClN2O2/c1-8(11-4-6-12(14)7-5-11)16-13(18)9(2)15-10(3)17/h4-9H,1-3H3,(H,15,17)(H,16,18)/t8-,9-/m0/s1. The lowest BCUT2D eigenvalue weighted by Gasteiger charge is -2.18. The zero-order chi connectivity index (χ0) is 13.7. The summed E-state index contributed by atoms with van der Waals surface area (Å²) < 4.78 is 0. The summed E-state index contributed by atoms with van der Waals surface area (Å²) in [6, 6.07) is 6.59. The van der Waals surface area contributed by atoms with Crippen LogP contribution in [0, 0.1) is 0 Å². The van der Waals surface area contributed by atoms with Gasteiger partial charge in [0, 0.05) is 11.9 Å². The first kappa shape index (κ1) is 14.5. The van der Waals surface area contributed by atoms with Gasteiger partial charge in [0.2, 0.25) is 11.8 Å². The molecule has 98 valence electrons. The Hall–Kier alpha value is -1.55. The minimum absolute atomic E-state index is 0.133. The summed E-state index contributed by atoms with van der Waals surface area (Å²) in [6.07, 6.45) is 0. The fourth-order valence-electron chi connectivity index (χ4n) is 1.54. The van der Waals surface area contributed by atoms with Gasteiger partial charge in [-0.3, -0.25) is 9.59 Å². The highest BCUT2D eigenvalue weighted by atomic mass is 35.5. The van der Waals surface area contributed by atoms with Crippen LogP contribution in [0.4, 0.5) is 0 Å². The van der Waals surface area contributed by atoms with Crippen LogP contribution >= 0.6 is 11.6 Å². The number of carbonyl (C=O) groups is 2. The zero-order valence-corrected chi connectivity index (χ0v) is 11.4. The van der Waals surface area contributed by atoms with Gasteiger partial charge in [0.05, 0.1) is 6.04 Å². The van der Waals surface area contributed by atoms with Gasteiger partial charge in [-0.25, -0.2) is 0 Å². The third-order valence-corrected chi connectivity index (χ3v) is 2.79. The average Bonchev–Trinajstić information content (AvgIpc) is 2.28.